The van der Waals surface area contributed by atoms with E-state index >= 15 is 0 Å². The molecule has 0 saturated heterocycles. The summed E-state index contributed by atoms with van der Waals surface area (Å²) in [6, 6.07) is 12.6. The predicted octanol–water partition coefficient (Wildman–Crippen LogP) is 4.08. The Bertz CT molecular complexity index is 724. The summed E-state index contributed by atoms with van der Waals surface area (Å²) in [6.45, 7) is 6.41. The van der Waals surface area contributed by atoms with E-state index in [9.17, 15) is 0 Å². The van der Waals surface area contributed by atoms with Crippen LogP contribution in [-0.2, 0) is 5.41 Å². The minimum absolute atomic E-state index is 0.0227. The van der Waals surface area contributed by atoms with E-state index in [0.717, 1.165) is 16.7 Å². The Morgan fingerprint density at radius 3 is 2.39 bits per heavy atom. The molecule has 1 heterocycles. The van der Waals surface area contributed by atoms with Crippen LogP contribution in [0.1, 0.15) is 26.6 Å². The summed E-state index contributed by atoms with van der Waals surface area (Å²) < 4.78 is 0. The van der Waals surface area contributed by atoms with Crippen LogP contribution >= 0.6 is 0 Å². The van der Waals surface area contributed by atoms with Crippen LogP contribution in [0.4, 0.5) is 0 Å². The molecule has 90 valence electrons. The molecule has 3 aromatic rings. The lowest BCUT2D eigenvalue weighted by Gasteiger charge is -2.16. The fourth-order valence-corrected chi connectivity index (χ4v) is 2.13. The van der Waals surface area contributed by atoms with Crippen LogP contribution in [0.3, 0.4) is 0 Å². The Morgan fingerprint density at radius 1 is 0.889 bits per heavy atom. The zero-order valence-corrected chi connectivity index (χ0v) is 10.9. The fourth-order valence-electron chi connectivity index (χ4n) is 2.13. The highest BCUT2D eigenvalue weighted by Crippen LogP contribution is 2.26. The van der Waals surface area contributed by atoms with Gasteiger partial charge in [0.2, 0.25) is 0 Å². The highest BCUT2D eigenvalue weighted by molar-refractivity contribution is 6.04. The Hall–Kier alpha value is -1.96. The number of hydrogen-bond donors (Lipinski definition) is 0. The lowest BCUT2D eigenvalue weighted by Crippen LogP contribution is -2.15. The molecule has 0 aliphatic heterocycles. The molecule has 18 heavy (non-hydrogen) atoms. The van der Waals surface area contributed by atoms with Crippen molar-refractivity contribution in [2.75, 3.05) is 0 Å². The van der Waals surface area contributed by atoms with Gasteiger partial charge in [0.05, 0.1) is 5.52 Å². The Labute approximate surface area is 107 Å². The van der Waals surface area contributed by atoms with E-state index in [0.29, 0.717) is 0 Å². The van der Waals surface area contributed by atoms with E-state index in [1.54, 1.807) is 0 Å². The molecule has 0 amide bonds. The summed E-state index contributed by atoms with van der Waals surface area (Å²) in [5, 5.41) is 3.52. The minimum Gasteiger partial charge on any atom is -0.240 e. The van der Waals surface area contributed by atoms with Crippen LogP contribution in [0, 0.1) is 0 Å². The van der Waals surface area contributed by atoms with Gasteiger partial charge in [-0.15, -0.1) is 0 Å². The van der Waals surface area contributed by atoms with Crippen LogP contribution in [0.15, 0.2) is 42.6 Å². The van der Waals surface area contributed by atoms with Gasteiger partial charge in [-0.2, -0.15) is 0 Å². The van der Waals surface area contributed by atoms with Gasteiger partial charge in [-0.3, -0.25) is 0 Å². The molecule has 2 nitrogen and oxygen atoms in total. The van der Waals surface area contributed by atoms with Gasteiger partial charge in [0, 0.05) is 22.4 Å². The summed E-state index contributed by atoms with van der Waals surface area (Å²) in [6.07, 6.45) is 1.93. The Balaban J connectivity index is 2.40. The van der Waals surface area contributed by atoms with Crippen molar-refractivity contribution in [2.45, 2.75) is 26.2 Å². The van der Waals surface area contributed by atoms with Crippen LogP contribution in [0.5, 0.6) is 0 Å². The van der Waals surface area contributed by atoms with Crippen molar-refractivity contribution in [2.24, 2.45) is 0 Å². The average Bonchev–Trinajstić information content (AvgIpc) is 2.37. The van der Waals surface area contributed by atoms with Gasteiger partial charge in [0.15, 0.2) is 0 Å². The van der Waals surface area contributed by atoms with E-state index < -0.39 is 0 Å². The van der Waals surface area contributed by atoms with Crippen LogP contribution in [0.2, 0.25) is 0 Å². The van der Waals surface area contributed by atoms with Crippen molar-refractivity contribution in [3.8, 4) is 0 Å². The van der Waals surface area contributed by atoms with Crippen molar-refractivity contribution in [3.05, 3.63) is 48.4 Å². The third-order valence-electron chi connectivity index (χ3n) is 3.15. The molecule has 0 fully saturated rings. The second-order valence-electron chi connectivity index (χ2n) is 5.67. The molecule has 0 aliphatic carbocycles. The molecule has 0 unspecified atom stereocenters. The molecule has 0 saturated carbocycles. The molecule has 0 N–H and O–H groups in total. The zero-order valence-electron chi connectivity index (χ0n) is 10.9. The van der Waals surface area contributed by atoms with Gasteiger partial charge in [0.25, 0.3) is 0 Å². The highest BCUT2D eigenvalue weighted by Gasteiger charge is 2.17. The number of fused-ring (bicyclic) bond motifs is 3. The molecule has 0 atom stereocenters. The second-order valence-corrected chi connectivity index (χ2v) is 5.67. The predicted molar refractivity (Wildman–Crippen MR) is 75.7 cm³/mol. The molecule has 3 rings (SSSR count). The molecule has 0 spiro atoms. The maximum absolute atomic E-state index is 4.76. The number of aromatic nitrogens is 2. The molecule has 2 heteroatoms. The highest BCUT2D eigenvalue weighted by atomic mass is 14.9. The van der Waals surface area contributed by atoms with Crippen molar-refractivity contribution < 1.29 is 0 Å². The Morgan fingerprint density at radius 2 is 1.61 bits per heavy atom. The first kappa shape index (κ1) is 11.1. The van der Waals surface area contributed by atoms with Gasteiger partial charge in [-0.05, 0) is 5.39 Å². The lowest BCUT2D eigenvalue weighted by atomic mass is 9.95. The van der Waals surface area contributed by atoms with Crippen LogP contribution in [0.25, 0.3) is 21.7 Å². The standard InChI is InChI=1S/C16H16N2/c1-16(2,3)15-17-10-12-9-8-11-6-4-5-7-13(11)14(12)18-15/h4-10H,1-3H3. The first-order valence-corrected chi connectivity index (χ1v) is 6.21. The quantitative estimate of drug-likeness (QED) is 0.550. The first-order valence-electron chi connectivity index (χ1n) is 6.21. The molecule has 2 aromatic carbocycles. The van der Waals surface area contributed by atoms with Crippen molar-refractivity contribution in [1.29, 1.82) is 0 Å². The van der Waals surface area contributed by atoms with Gasteiger partial charge in [-0.1, -0.05) is 57.2 Å². The third-order valence-corrected chi connectivity index (χ3v) is 3.15. The number of hydrogen-bond acceptors (Lipinski definition) is 2. The number of benzene rings is 2. The molecular formula is C16H16N2. The molecule has 0 radical (unpaired) electrons. The monoisotopic (exact) mass is 236 g/mol. The van der Waals surface area contributed by atoms with E-state index in [1.807, 2.05) is 6.20 Å². The summed E-state index contributed by atoms with van der Waals surface area (Å²) in [5.41, 5.74) is 1.03. The van der Waals surface area contributed by atoms with E-state index in [4.69, 9.17) is 4.98 Å². The zero-order chi connectivity index (χ0) is 12.8. The Kier molecular flexibility index (Phi) is 2.34. The second kappa shape index (κ2) is 3.77. The summed E-state index contributed by atoms with van der Waals surface area (Å²) >= 11 is 0. The van der Waals surface area contributed by atoms with Crippen LogP contribution < -0.4 is 0 Å². The molecule has 0 aliphatic rings. The molecule has 1 aromatic heterocycles. The van der Waals surface area contributed by atoms with E-state index in [-0.39, 0.29) is 5.41 Å². The van der Waals surface area contributed by atoms with Gasteiger partial charge in [0.1, 0.15) is 5.82 Å². The van der Waals surface area contributed by atoms with Gasteiger partial charge >= 0.3 is 0 Å². The summed E-state index contributed by atoms with van der Waals surface area (Å²) in [4.78, 5) is 9.24. The third kappa shape index (κ3) is 1.74. The maximum atomic E-state index is 4.76. The summed E-state index contributed by atoms with van der Waals surface area (Å²) in [5.74, 6) is 0.895. The molecule has 0 bridgehead atoms. The average molecular weight is 236 g/mol. The van der Waals surface area contributed by atoms with Crippen molar-refractivity contribution >= 4 is 21.7 Å². The van der Waals surface area contributed by atoms with Crippen molar-refractivity contribution in [1.82, 2.24) is 9.97 Å². The normalized spacial score (nSPS) is 12.2. The first-order chi connectivity index (χ1) is 8.55. The van der Waals surface area contributed by atoms with Crippen LogP contribution in [-0.4, -0.2) is 9.97 Å². The van der Waals surface area contributed by atoms with Crippen molar-refractivity contribution in [3.63, 3.8) is 0 Å². The fraction of sp³-hybridized carbons (Fsp3) is 0.250. The van der Waals surface area contributed by atoms with Gasteiger partial charge in [-0.25, -0.2) is 9.97 Å². The number of rotatable bonds is 0. The van der Waals surface area contributed by atoms with Gasteiger partial charge < -0.3 is 0 Å². The lowest BCUT2D eigenvalue weighted by molar-refractivity contribution is 0.548. The number of nitrogens with zero attached hydrogens (tertiary/aromatic N) is 2. The van der Waals surface area contributed by atoms with E-state index in [2.05, 4.69) is 62.2 Å². The smallest absolute Gasteiger partial charge is 0.134 e. The summed E-state index contributed by atoms with van der Waals surface area (Å²) in [7, 11) is 0. The minimum atomic E-state index is -0.0227. The largest absolute Gasteiger partial charge is 0.240 e. The SMILES string of the molecule is CC(C)(C)c1ncc2ccc3ccccc3c2n1. The topological polar surface area (TPSA) is 25.8 Å². The molecular weight excluding hydrogens is 220 g/mol. The maximum Gasteiger partial charge on any atom is 0.134 e. The van der Waals surface area contributed by atoms with E-state index in [1.165, 1.54) is 10.8 Å².